The van der Waals surface area contributed by atoms with Gasteiger partial charge in [-0.2, -0.15) is 0 Å². The van der Waals surface area contributed by atoms with E-state index in [2.05, 4.69) is 23.3 Å². The van der Waals surface area contributed by atoms with Crippen molar-refractivity contribution in [3.05, 3.63) is 59.4 Å². The van der Waals surface area contributed by atoms with Gasteiger partial charge in [0.1, 0.15) is 5.78 Å². The van der Waals surface area contributed by atoms with Crippen LogP contribution in [0.5, 0.6) is 0 Å². The maximum Gasteiger partial charge on any atom is 0.488 e. The van der Waals surface area contributed by atoms with Crippen LogP contribution in [-0.4, -0.2) is 40.4 Å². The molecule has 2 fully saturated rings. The van der Waals surface area contributed by atoms with Gasteiger partial charge in [-0.05, 0) is 84.5 Å². The lowest BCUT2D eigenvalue weighted by Gasteiger charge is -2.50. The highest BCUT2D eigenvalue weighted by Gasteiger charge is 2.58. The van der Waals surface area contributed by atoms with Crippen molar-refractivity contribution >= 4 is 24.3 Å². The normalized spacial score (nSPS) is 29.2. The molecule has 0 spiro atoms. The Balaban J connectivity index is 1.25. The third kappa shape index (κ3) is 4.68. The fourth-order valence-electron chi connectivity index (χ4n) is 7.37. The van der Waals surface area contributed by atoms with Gasteiger partial charge in [0.15, 0.2) is 0 Å². The van der Waals surface area contributed by atoms with E-state index >= 15 is 0 Å². The number of rotatable bonds is 7. The Morgan fingerprint density at radius 2 is 2.09 bits per heavy atom. The molecular formula is C28H35BN2O4. The van der Waals surface area contributed by atoms with Gasteiger partial charge in [0.25, 0.3) is 0 Å². The minimum Gasteiger partial charge on any atom is -0.423 e. The molecule has 1 heterocycles. The number of benzene rings is 1. The van der Waals surface area contributed by atoms with Crippen molar-refractivity contribution in [3.8, 4) is 0 Å². The minimum absolute atomic E-state index is 0.0541. The van der Waals surface area contributed by atoms with Crippen LogP contribution in [-0.2, 0) is 22.4 Å². The van der Waals surface area contributed by atoms with E-state index in [-0.39, 0.29) is 17.2 Å². The molecule has 1 amide bonds. The van der Waals surface area contributed by atoms with E-state index in [4.69, 9.17) is 0 Å². The Bertz CT molecular complexity index is 1090. The van der Waals surface area contributed by atoms with E-state index in [0.717, 1.165) is 37.8 Å². The molecule has 0 aliphatic heterocycles. The summed E-state index contributed by atoms with van der Waals surface area (Å²) in [5.41, 5.74) is 3.77. The maximum atomic E-state index is 13.2. The van der Waals surface area contributed by atoms with Gasteiger partial charge in [-0.25, -0.2) is 0 Å². The summed E-state index contributed by atoms with van der Waals surface area (Å²) in [6.07, 6.45) is 8.10. The van der Waals surface area contributed by atoms with E-state index in [1.54, 1.807) is 6.20 Å². The topological polar surface area (TPSA) is 99.5 Å². The number of nitrogens with zero attached hydrogens (tertiary/aromatic N) is 1. The number of carbonyl (C=O) groups is 2. The fraction of sp³-hybridized carbons (Fsp3) is 0.536. The molecule has 2 saturated carbocycles. The van der Waals surface area contributed by atoms with E-state index in [9.17, 15) is 19.6 Å². The molecule has 7 heteroatoms. The van der Waals surface area contributed by atoms with Gasteiger partial charge in [0.05, 0.1) is 0 Å². The maximum absolute atomic E-state index is 13.2. The summed E-state index contributed by atoms with van der Waals surface area (Å²) in [4.78, 5) is 30.1. The summed E-state index contributed by atoms with van der Waals surface area (Å²) >= 11 is 0. The Morgan fingerprint density at radius 1 is 1.23 bits per heavy atom. The van der Waals surface area contributed by atoms with Crippen LogP contribution in [0, 0.1) is 23.2 Å². The quantitative estimate of drug-likeness (QED) is 0.536. The van der Waals surface area contributed by atoms with Gasteiger partial charge in [-0.15, -0.1) is 0 Å². The zero-order valence-corrected chi connectivity index (χ0v) is 20.5. The standard InChI is InChI=1S/C28H35BN2O4/c1-28-13-11-23-22-9-7-20(29(34)35)16-18(22)5-8-24(23)27(28)19(17-25(28)32)6-10-26(33)31-15-12-21-4-2-3-14-30-21/h2-4,7,9,14,16,19,23-24,27,34-35H,5-6,8,10-13,15,17H2,1H3,(H,31,33)/t19-,23-,24-,27+,28-/m1/s1. The monoisotopic (exact) mass is 474 g/mol. The Labute approximate surface area is 207 Å². The van der Waals surface area contributed by atoms with Gasteiger partial charge in [-0.3, -0.25) is 14.6 Å². The lowest BCUT2D eigenvalue weighted by molar-refractivity contribution is -0.129. The van der Waals surface area contributed by atoms with E-state index in [0.29, 0.717) is 54.8 Å². The number of carbonyl (C=O) groups excluding carboxylic acids is 2. The molecule has 0 radical (unpaired) electrons. The van der Waals surface area contributed by atoms with Gasteiger partial charge >= 0.3 is 7.12 Å². The van der Waals surface area contributed by atoms with E-state index < -0.39 is 7.12 Å². The molecule has 184 valence electrons. The SMILES string of the molecule is C[C@]12CC[C@@H]3c4ccc(B(O)O)cc4CC[C@H]3[C@@H]1[C@H](CCC(=O)NCCc1ccccn1)CC2=O. The van der Waals surface area contributed by atoms with Gasteiger partial charge < -0.3 is 15.4 Å². The van der Waals surface area contributed by atoms with Crippen molar-refractivity contribution in [3.63, 3.8) is 0 Å². The average Bonchev–Trinajstić information content (AvgIpc) is 3.12. The van der Waals surface area contributed by atoms with Crippen LogP contribution in [0.3, 0.4) is 0 Å². The summed E-state index contributed by atoms with van der Waals surface area (Å²) in [6, 6.07) is 11.6. The second-order valence-electron chi connectivity index (χ2n) is 11.0. The van der Waals surface area contributed by atoms with Crippen LogP contribution in [0.2, 0.25) is 0 Å². The highest BCUT2D eigenvalue weighted by atomic mass is 16.4. The highest BCUT2D eigenvalue weighted by molar-refractivity contribution is 6.58. The largest absolute Gasteiger partial charge is 0.488 e. The highest BCUT2D eigenvalue weighted by Crippen LogP contribution is 2.62. The lowest BCUT2D eigenvalue weighted by atomic mass is 9.53. The number of amides is 1. The molecule has 6 nitrogen and oxygen atoms in total. The number of hydrogen-bond acceptors (Lipinski definition) is 5. The van der Waals surface area contributed by atoms with E-state index in [1.165, 1.54) is 11.1 Å². The van der Waals surface area contributed by atoms with Crippen LogP contribution in [0.25, 0.3) is 0 Å². The Morgan fingerprint density at radius 3 is 2.86 bits per heavy atom. The summed E-state index contributed by atoms with van der Waals surface area (Å²) < 4.78 is 0. The molecule has 0 bridgehead atoms. The predicted molar refractivity (Wildman–Crippen MR) is 135 cm³/mol. The number of aryl methyl sites for hydroxylation is 1. The molecular weight excluding hydrogens is 439 g/mol. The lowest BCUT2D eigenvalue weighted by Crippen LogP contribution is -2.44. The number of Topliss-reactive ketones (excluding diaryl/α,β-unsaturated/α-hetero) is 1. The van der Waals surface area contributed by atoms with Crippen LogP contribution < -0.4 is 10.8 Å². The molecule has 1 aromatic carbocycles. The van der Waals surface area contributed by atoms with Gasteiger partial charge in [-0.1, -0.05) is 31.2 Å². The third-order valence-corrected chi connectivity index (χ3v) is 9.06. The average molecular weight is 474 g/mol. The molecule has 35 heavy (non-hydrogen) atoms. The van der Waals surface area contributed by atoms with Crippen LogP contribution in [0.15, 0.2) is 42.6 Å². The Kier molecular flexibility index (Phi) is 6.82. The van der Waals surface area contributed by atoms with Crippen LogP contribution >= 0.6 is 0 Å². The molecule has 0 saturated heterocycles. The number of aromatic nitrogens is 1. The molecule has 3 N–H and O–H groups in total. The number of fused-ring (bicyclic) bond motifs is 5. The fourth-order valence-corrected chi connectivity index (χ4v) is 7.37. The molecule has 5 rings (SSSR count). The molecule has 3 aliphatic rings. The zero-order chi connectivity index (χ0) is 24.6. The van der Waals surface area contributed by atoms with Crippen molar-refractivity contribution in [2.45, 2.75) is 64.2 Å². The summed E-state index contributed by atoms with van der Waals surface area (Å²) in [7, 11) is -1.44. The first-order valence-electron chi connectivity index (χ1n) is 13.1. The molecule has 5 atom stereocenters. The molecule has 2 aromatic rings. The second-order valence-corrected chi connectivity index (χ2v) is 11.0. The number of nitrogens with one attached hydrogen (secondary N) is 1. The zero-order valence-electron chi connectivity index (χ0n) is 20.5. The first-order chi connectivity index (χ1) is 16.9. The predicted octanol–water partition coefficient (Wildman–Crippen LogP) is 2.55. The van der Waals surface area contributed by atoms with Gasteiger partial charge in [0, 0.05) is 43.1 Å². The molecule has 0 unspecified atom stereocenters. The van der Waals surface area contributed by atoms with Crippen LogP contribution in [0.1, 0.15) is 68.2 Å². The van der Waals surface area contributed by atoms with E-state index in [1.807, 2.05) is 30.3 Å². The van der Waals surface area contributed by atoms with Crippen molar-refractivity contribution in [2.75, 3.05) is 6.54 Å². The van der Waals surface area contributed by atoms with Gasteiger partial charge in [0.2, 0.25) is 5.91 Å². The summed E-state index contributed by atoms with van der Waals surface area (Å²) in [5, 5.41) is 22.2. The molecule has 3 aliphatic carbocycles. The molecule has 1 aromatic heterocycles. The minimum atomic E-state index is -1.44. The smallest absolute Gasteiger partial charge is 0.423 e. The first-order valence-corrected chi connectivity index (χ1v) is 13.1. The number of hydrogen-bond donors (Lipinski definition) is 3. The first kappa shape index (κ1) is 24.2. The van der Waals surface area contributed by atoms with Crippen molar-refractivity contribution in [1.82, 2.24) is 10.3 Å². The van der Waals surface area contributed by atoms with Crippen molar-refractivity contribution in [1.29, 1.82) is 0 Å². The summed E-state index contributed by atoms with van der Waals surface area (Å²) in [6.45, 7) is 2.75. The number of pyridine rings is 1. The second kappa shape index (κ2) is 9.86. The Hall–Kier alpha value is -2.51. The number of ketones is 1. The van der Waals surface area contributed by atoms with Crippen molar-refractivity contribution in [2.24, 2.45) is 23.2 Å². The van der Waals surface area contributed by atoms with Crippen LogP contribution in [0.4, 0.5) is 0 Å². The van der Waals surface area contributed by atoms with Crippen molar-refractivity contribution < 1.29 is 19.6 Å². The third-order valence-electron chi connectivity index (χ3n) is 9.06. The summed E-state index contributed by atoms with van der Waals surface area (Å²) in [5.74, 6) is 1.84.